The van der Waals surface area contributed by atoms with E-state index >= 15 is 0 Å². The zero-order valence-electron chi connectivity index (χ0n) is 15.6. The van der Waals surface area contributed by atoms with Crippen molar-refractivity contribution in [1.29, 1.82) is 0 Å². The number of carbonyl (C=O) groups excluding carboxylic acids is 2. The first-order chi connectivity index (χ1) is 10.6. The largest absolute Gasteiger partial charge is 0.462 e. The summed E-state index contributed by atoms with van der Waals surface area (Å²) >= 11 is 0. The summed E-state index contributed by atoms with van der Waals surface area (Å²) < 4.78 is 5.65. The second-order valence-electron chi connectivity index (χ2n) is 8.49. The molecule has 0 unspecified atom stereocenters. The summed E-state index contributed by atoms with van der Waals surface area (Å²) in [5.41, 5.74) is 1.59. The Morgan fingerprint density at radius 3 is 2.48 bits per heavy atom. The summed E-state index contributed by atoms with van der Waals surface area (Å²) in [5, 5.41) is 0. The third-order valence-corrected chi connectivity index (χ3v) is 6.58. The molecule has 0 radical (unpaired) electrons. The Bertz CT molecular complexity index is 517. The van der Waals surface area contributed by atoms with Gasteiger partial charge in [-0.1, -0.05) is 32.4 Å². The molecular weight excluding hydrogens is 288 g/mol. The predicted molar refractivity (Wildman–Crippen MR) is 91.9 cm³/mol. The van der Waals surface area contributed by atoms with Crippen LogP contribution in [0.3, 0.4) is 0 Å². The number of hydrogen-bond donors (Lipinski definition) is 0. The van der Waals surface area contributed by atoms with Gasteiger partial charge in [0.25, 0.3) is 0 Å². The van der Waals surface area contributed by atoms with E-state index in [0.717, 1.165) is 25.7 Å². The average molecular weight is 320 g/mol. The van der Waals surface area contributed by atoms with Gasteiger partial charge in [0.05, 0.1) is 0 Å². The van der Waals surface area contributed by atoms with E-state index in [-0.39, 0.29) is 28.7 Å². The molecule has 3 heteroatoms. The van der Waals surface area contributed by atoms with Gasteiger partial charge in [-0.2, -0.15) is 0 Å². The Hall–Kier alpha value is -1.12. The number of carbonyl (C=O) groups is 2. The first-order valence-corrected chi connectivity index (χ1v) is 8.92. The molecule has 130 valence electrons. The van der Waals surface area contributed by atoms with Gasteiger partial charge in [0.2, 0.25) is 0 Å². The molecule has 0 amide bonds. The van der Waals surface area contributed by atoms with Crippen molar-refractivity contribution >= 4 is 11.8 Å². The number of fused-ring (bicyclic) bond motifs is 1. The van der Waals surface area contributed by atoms with E-state index in [1.807, 2.05) is 0 Å². The zero-order valence-corrected chi connectivity index (χ0v) is 15.6. The highest BCUT2D eigenvalue weighted by atomic mass is 16.5. The SMILES string of the molecule is CC(=O)CC[C@H]1C(C)=CC[C@H]2C(C)(C)[C@@H](OC(C)=O)CC[C@]12C. The molecular formula is C20H32O3. The molecule has 2 aliphatic carbocycles. The molecule has 1 saturated carbocycles. The van der Waals surface area contributed by atoms with E-state index in [1.54, 1.807) is 6.92 Å². The molecule has 0 heterocycles. The maximum absolute atomic E-state index is 11.5. The van der Waals surface area contributed by atoms with Crippen molar-refractivity contribution in [1.82, 2.24) is 0 Å². The Balaban J connectivity index is 2.29. The van der Waals surface area contributed by atoms with Crippen LogP contribution in [0.15, 0.2) is 11.6 Å². The van der Waals surface area contributed by atoms with Crippen LogP contribution < -0.4 is 0 Å². The number of hydrogen-bond acceptors (Lipinski definition) is 3. The van der Waals surface area contributed by atoms with Gasteiger partial charge in [0, 0.05) is 18.8 Å². The second-order valence-corrected chi connectivity index (χ2v) is 8.49. The standard InChI is InChI=1S/C20H32O3/c1-13-7-10-17-19(4,5)18(23-15(3)22)11-12-20(17,6)16(13)9-8-14(2)21/h7,16-18H,8-12H2,1-6H3/t16-,17-,18-,20+/m0/s1. The van der Waals surface area contributed by atoms with E-state index in [1.165, 1.54) is 12.5 Å². The van der Waals surface area contributed by atoms with Crippen molar-refractivity contribution in [3.63, 3.8) is 0 Å². The number of esters is 1. The van der Waals surface area contributed by atoms with Crippen LogP contribution in [0, 0.1) is 22.7 Å². The van der Waals surface area contributed by atoms with E-state index in [0.29, 0.717) is 18.3 Å². The minimum absolute atomic E-state index is 0.00154. The molecule has 1 fully saturated rings. The first kappa shape index (κ1) is 18.2. The summed E-state index contributed by atoms with van der Waals surface area (Å²) in [6.07, 6.45) is 6.98. The topological polar surface area (TPSA) is 43.4 Å². The first-order valence-electron chi connectivity index (χ1n) is 8.92. The molecule has 0 N–H and O–H groups in total. The molecule has 0 aromatic carbocycles. The van der Waals surface area contributed by atoms with Crippen LogP contribution in [0.2, 0.25) is 0 Å². The quantitative estimate of drug-likeness (QED) is 0.557. The van der Waals surface area contributed by atoms with Crippen molar-refractivity contribution in [2.24, 2.45) is 22.7 Å². The van der Waals surface area contributed by atoms with Crippen molar-refractivity contribution < 1.29 is 14.3 Å². The lowest BCUT2D eigenvalue weighted by atomic mass is 9.47. The Morgan fingerprint density at radius 1 is 1.26 bits per heavy atom. The van der Waals surface area contributed by atoms with Gasteiger partial charge in [0.15, 0.2) is 0 Å². The van der Waals surface area contributed by atoms with E-state index in [2.05, 4.69) is 33.8 Å². The Morgan fingerprint density at radius 2 is 1.91 bits per heavy atom. The van der Waals surface area contributed by atoms with Crippen LogP contribution in [-0.4, -0.2) is 17.9 Å². The van der Waals surface area contributed by atoms with Gasteiger partial charge in [-0.05, 0) is 56.8 Å². The summed E-state index contributed by atoms with van der Waals surface area (Å²) in [7, 11) is 0. The Labute approximate surface area is 140 Å². The van der Waals surface area contributed by atoms with Crippen LogP contribution in [0.4, 0.5) is 0 Å². The Kier molecular flexibility index (Phi) is 5.08. The lowest BCUT2D eigenvalue weighted by Crippen LogP contribution is -2.55. The molecule has 0 aromatic rings. The van der Waals surface area contributed by atoms with Crippen LogP contribution >= 0.6 is 0 Å². The number of ketones is 1. The fourth-order valence-electron chi connectivity index (χ4n) is 5.33. The van der Waals surface area contributed by atoms with Gasteiger partial charge in [-0.15, -0.1) is 0 Å². The second kappa shape index (κ2) is 6.41. The molecule has 4 atom stereocenters. The molecule has 0 aromatic heterocycles. The molecule has 0 aliphatic heterocycles. The van der Waals surface area contributed by atoms with Gasteiger partial charge in [-0.25, -0.2) is 0 Å². The highest BCUT2D eigenvalue weighted by Crippen LogP contribution is 2.61. The number of ether oxygens (including phenoxy) is 1. The third kappa shape index (κ3) is 3.39. The van der Waals surface area contributed by atoms with Gasteiger partial charge >= 0.3 is 5.97 Å². The van der Waals surface area contributed by atoms with E-state index in [4.69, 9.17) is 4.74 Å². The smallest absolute Gasteiger partial charge is 0.302 e. The van der Waals surface area contributed by atoms with Crippen molar-refractivity contribution in [2.75, 3.05) is 0 Å². The van der Waals surface area contributed by atoms with Crippen molar-refractivity contribution in [3.05, 3.63) is 11.6 Å². The molecule has 3 nitrogen and oxygen atoms in total. The van der Waals surface area contributed by atoms with E-state index in [9.17, 15) is 9.59 Å². The minimum Gasteiger partial charge on any atom is -0.462 e. The van der Waals surface area contributed by atoms with Crippen LogP contribution in [0.5, 0.6) is 0 Å². The van der Waals surface area contributed by atoms with Crippen LogP contribution in [0.1, 0.15) is 73.6 Å². The number of Topliss-reactive ketones (excluding diaryl/α,β-unsaturated/α-hetero) is 1. The van der Waals surface area contributed by atoms with Crippen LogP contribution in [-0.2, 0) is 14.3 Å². The minimum atomic E-state index is -0.178. The maximum atomic E-state index is 11.5. The number of allylic oxidation sites excluding steroid dienone is 2. The van der Waals surface area contributed by atoms with Crippen LogP contribution in [0.25, 0.3) is 0 Å². The lowest BCUT2D eigenvalue weighted by molar-refractivity contribution is -0.171. The molecule has 23 heavy (non-hydrogen) atoms. The monoisotopic (exact) mass is 320 g/mol. The van der Waals surface area contributed by atoms with E-state index < -0.39 is 0 Å². The molecule has 0 bridgehead atoms. The lowest BCUT2D eigenvalue weighted by Gasteiger charge is -2.59. The predicted octanol–water partition coefficient (Wildman–Crippen LogP) is 4.70. The average Bonchev–Trinajstić information content (AvgIpc) is 2.40. The molecule has 2 aliphatic rings. The number of rotatable bonds is 4. The fourth-order valence-corrected chi connectivity index (χ4v) is 5.33. The highest BCUT2D eigenvalue weighted by Gasteiger charge is 2.56. The molecule has 0 saturated heterocycles. The maximum Gasteiger partial charge on any atom is 0.302 e. The van der Waals surface area contributed by atoms with Gasteiger partial charge in [-0.3, -0.25) is 4.79 Å². The van der Waals surface area contributed by atoms with Crippen molar-refractivity contribution in [2.45, 2.75) is 79.8 Å². The van der Waals surface area contributed by atoms with Gasteiger partial charge < -0.3 is 9.53 Å². The molecule has 0 spiro atoms. The highest BCUT2D eigenvalue weighted by molar-refractivity contribution is 5.75. The summed E-state index contributed by atoms with van der Waals surface area (Å²) in [5.74, 6) is 1.04. The normalized spacial score (nSPS) is 35.9. The van der Waals surface area contributed by atoms with Crippen molar-refractivity contribution in [3.8, 4) is 0 Å². The summed E-state index contributed by atoms with van der Waals surface area (Å²) in [4.78, 5) is 22.9. The fraction of sp³-hybridized carbons (Fsp3) is 0.800. The third-order valence-electron chi connectivity index (χ3n) is 6.58. The summed E-state index contributed by atoms with van der Waals surface area (Å²) in [6, 6.07) is 0. The molecule has 2 rings (SSSR count). The zero-order chi connectivity index (χ0) is 17.4. The summed E-state index contributed by atoms with van der Waals surface area (Å²) in [6.45, 7) is 12.3. The van der Waals surface area contributed by atoms with Gasteiger partial charge in [0.1, 0.15) is 11.9 Å².